The highest BCUT2D eigenvalue weighted by molar-refractivity contribution is 5.92. The first kappa shape index (κ1) is 12.2. The Kier molecular flexibility index (Phi) is 3.05. The monoisotopic (exact) mass is 249 g/mol. The van der Waals surface area contributed by atoms with Gasteiger partial charge in [-0.05, 0) is 13.0 Å². The van der Waals surface area contributed by atoms with Crippen LogP contribution in [0.25, 0.3) is 0 Å². The Hall–Kier alpha value is -2.31. The third-order valence-electron chi connectivity index (χ3n) is 2.67. The van der Waals surface area contributed by atoms with E-state index in [0.29, 0.717) is 18.2 Å². The standard InChI is InChI=1S/C11H15N5O2/c1-7-13-9(11(17)18-3)10(12)16(7)6-8-4-5-15(2)14-8/h4-5H,6,12H2,1-3H3. The molecule has 2 aromatic rings. The molecule has 7 heteroatoms. The maximum absolute atomic E-state index is 11.5. The van der Waals surface area contributed by atoms with E-state index < -0.39 is 5.97 Å². The van der Waals surface area contributed by atoms with Crippen molar-refractivity contribution in [2.24, 2.45) is 7.05 Å². The minimum atomic E-state index is -0.532. The van der Waals surface area contributed by atoms with Crippen molar-refractivity contribution >= 4 is 11.8 Å². The number of imidazole rings is 1. The van der Waals surface area contributed by atoms with Gasteiger partial charge in [0, 0.05) is 13.2 Å². The van der Waals surface area contributed by atoms with Crippen molar-refractivity contribution in [3.05, 3.63) is 29.5 Å². The summed E-state index contributed by atoms with van der Waals surface area (Å²) in [6.45, 7) is 2.26. The second-order valence-corrected chi connectivity index (χ2v) is 3.95. The first-order valence-corrected chi connectivity index (χ1v) is 5.42. The molecule has 0 atom stereocenters. The topological polar surface area (TPSA) is 88.0 Å². The number of anilines is 1. The molecular weight excluding hydrogens is 234 g/mol. The van der Waals surface area contributed by atoms with E-state index in [1.807, 2.05) is 19.3 Å². The van der Waals surface area contributed by atoms with Gasteiger partial charge in [-0.25, -0.2) is 9.78 Å². The Balaban J connectivity index is 2.34. The highest BCUT2D eigenvalue weighted by atomic mass is 16.5. The molecule has 96 valence electrons. The second-order valence-electron chi connectivity index (χ2n) is 3.95. The zero-order chi connectivity index (χ0) is 13.3. The van der Waals surface area contributed by atoms with Crippen LogP contribution in [0.4, 0.5) is 5.82 Å². The van der Waals surface area contributed by atoms with E-state index in [1.54, 1.807) is 16.2 Å². The van der Waals surface area contributed by atoms with E-state index >= 15 is 0 Å². The first-order valence-electron chi connectivity index (χ1n) is 5.42. The summed E-state index contributed by atoms with van der Waals surface area (Å²) in [6, 6.07) is 1.89. The van der Waals surface area contributed by atoms with Gasteiger partial charge in [0.05, 0.1) is 19.3 Å². The average Bonchev–Trinajstić information content (AvgIpc) is 2.87. The van der Waals surface area contributed by atoms with Crippen LogP contribution in [0.1, 0.15) is 22.0 Å². The molecule has 2 heterocycles. The summed E-state index contributed by atoms with van der Waals surface area (Å²) in [5.41, 5.74) is 6.89. The summed E-state index contributed by atoms with van der Waals surface area (Å²) < 4.78 is 8.06. The Labute approximate surface area is 104 Å². The number of nitrogen functional groups attached to an aromatic ring is 1. The fourth-order valence-electron chi connectivity index (χ4n) is 1.74. The number of hydrogen-bond donors (Lipinski definition) is 1. The molecule has 18 heavy (non-hydrogen) atoms. The molecule has 2 rings (SSSR count). The van der Waals surface area contributed by atoms with E-state index in [4.69, 9.17) is 5.73 Å². The van der Waals surface area contributed by atoms with Gasteiger partial charge in [-0.15, -0.1) is 0 Å². The summed E-state index contributed by atoms with van der Waals surface area (Å²) in [5.74, 6) is 0.416. The number of ether oxygens (including phenoxy) is 1. The molecule has 0 bridgehead atoms. The number of aromatic nitrogens is 4. The van der Waals surface area contributed by atoms with Crippen molar-refractivity contribution in [1.29, 1.82) is 0 Å². The number of methoxy groups -OCH3 is 1. The van der Waals surface area contributed by atoms with Crippen molar-refractivity contribution in [1.82, 2.24) is 19.3 Å². The Bertz CT molecular complexity index is 584. The van der Waals surface area contributed by atoms with Gasteiger partial charge in [-0.3, -0.25) is 4.68 Å². The van der Waals surface area contributed by atoms with Crippen LogP contribution in [0, 0.1) is 6.92 Å². The Morgan fingerprint density at radius 3 is 2.83 bits per heavy atom. The van der Waals surface area contributed by atoms with Crippen molar-refractivity contribution in [2.45, 2.75) is 13.5 Å². The number of nitrogens with two attached hydrogens (primary N) is 1. The molecule has 0 aromatic carbocycles. The summed E-state index contributed by atoms with van der Waals surface area (Å²) in [6.07, 6.45) is 1.85. The molecule has 0 amide bonds. The zero-order valence-corrected chi connectivity index (χ0v) is 10.5. The van der Waals surface area contributed by atoms with Crippen LogP contribution in [0.2, 0.25) is 0 Å². The van der Waals surface area contributed by atoms with Gasteiger partial charge in [0.1, 0.15) is 11.6 Å². The Morgan fingerprint density at radius 1 is 1.56 bits per heavy atom. The first-order chi connectivity index (χ1) is 8.52. The van der Waals surface area contributed by atoms with E-state index in [1.165, 1.54) is 7.11 Å². The lowest BCUT2D eigenvalue weighted by Crippen LogP contribution is -2.10. The molecule has 2 N–H and O–H groups in total. The SMILES string of the molecule is COC(=O)c1nc(C)n(Cc2ccn(C)n2)c1N. The average molecular weight is 249 g/mol. The second kappa shape index (κ2) is 4.52. The maximum atomic E-state index is 11.5. The van der Waals surface area contributed by atoms with Gasteiger partial charge in [-0.1, -0.05) is 0 Å². The number of aryl methyl sites for hydroxylation is 2. The van der Waals surface area contributed by atoms with Crippen LogP contribution in [0.3, 0.4) is 0 Å². The molecule has 7 nitrogen and oxygen atoms in total. The third-order valence-corrected chi connectivity index (χ3v) is 2.67. The van der Waals surface area contributed by atoms with Crippen LogP contribution in [0.5, 0.6) is 0 Å². The molecule has 0 aliphatic heterocycles. The zero-order valence-electron chi connectivity index (χ0n) is 10.5. The number of rotatable bonds is 3. The molecule has 2 aromatic heterocycles. The molecule has 0 fully saturated rings. The Morgan fingerprint density at radius 2 is 2.28 bits per heavy atom. The van der Waals surface area contributed by atoms with Gasteiger partial charge in [0.15, 0.2) is 5.69 Å². The lowest BCUT2D eigenvalue weighted by molar-refractivity contribution is 0.0595. The fourth-order valence-corrected chi connectivity index (χ4v) is 1.74. The normalized spacial score (nSPS) is 10.6. The molecular formula is C11H15N5O2. The van der Waals surface area contributed by atoms with E-state index in [2.05, 4.69) is 14.8 Å². The van der Waals surface area contributed by atoms with E-state index in [0.717, 1.165) is 5.69 Å². The number of hydrogen-bond acceptors (Lipinski definition) is 5. The minimum Gasteiger partial charge on any atom is -0.464 e. The molecule has 0 aliphatic rings. The molecule has 0 unspecified atom stereocenters. The molecule has 0 saturated carbocycles. The predicted octanol–water partition coefficient (Wildman–Crippen LogP) is 0.342. The number of carbonyl (C=O) groups is 1. The smallest absolute Gasteiger partial charge is 0.360 e. The largest absolute Gasteiger partial charge is 0.464 e. The van der Waals surface area contributed by atoms with Crippen LogP contribution in [-0.2, 0) is 18.3 Å². The van der Waals surface area contributed by atoms with Crippen molar-refractivity contribution < 1.29 is 9.53 Å². The quantitative estimate of drug-likeness (QED) is 0.792. The van der Waals surface area contributed by atoms with E-state index in [-0.39, 0.29) is 5.69 Å². The molecule has 0 saturated heterocycles. The van der Waals surface area contributed by atoms with Crippen molar-refractivity contribution in [3.63, 3.8) is 0 Å². The van der Waals surface area contributed by atoms with Gasteiger partial charge in [0.2, 0.25) is 0 Å². The van der Waals surface area contributed by atoms with Crippen LogP contribution >= 0.6 is 0 Å². The highest BCUT2D eigenvalue weighted by Crippen LogP contribution is 2.16. The van der Waals surface area contributed by atoms with Crippen LogP contribution in [-0.4, -0.2) is 32.4 Å². The van der Waals surface area contributed by atoms with Crippen molar-refractivity contribution in [2.75, 3.05) is 12.8 Å². The molecule has 0 spiro atoms. The lowest BCUT2D eigenvalue weighted by atomic mass is 10.4. The van der Waals surface area contributed by atoms with Gasteiger partial charge in [0.25, 0.3) is 0 Å². The number of esters is 1. The van der Waals surface area contributed by atoms with Crippen molar-refractivity contribution in [3.8, 4) is 0 Å². The summed E-state index contributed by atoms with van der Waals surface area (Å²) >= 11 is 0. The lowest BCUT2D eigenvalue weighted by Gasteiger charge is -2.05. The minimum absolute atomic E-state index is 0.144. The van der Waals surface area contributed by atoms with E-state index in [9.17, 15) is 4.79 Å². The third kappa shape index (κ3) is 2.06. The summed E-state index contributed by atoms with van der Waals surface area (Å²) in [4.78, 5) is 15.6. The highest BCUT2D eigenvalue weighted by Gasteiger charge is 2.19. The van der Waals surface area contributed by atoms with Crippen LogP contribution in [0.15, 0.2) is 12.3 Å². The number of carbonyl (C=O) groups excluding carboxylic acids is 1. The molecule has 0 aliphatic carbocycles. The number of nitrogens with zero attached hydrogens (tertiary/aromatic N) is 4. The fraction of sp³-hybridized carbons (Fsp3) is 0.364. The predicted molar refractivity (Wildman–Crippen MR) is 65.0 cm³/mol. The summed E-state index contributed by atoms with van der Waals surface area (Å²) in [5, 5.41) is 4.26. The van der Waals surface area contributed by atoms with Crippen LogP contribution < -0.4 is 5.73 Å². The van der Waals surface area contributed by atoms with Gasteiger partial charge < -0.3 is 15.0 Å². The molecule has 0 radical (unpaired) electrons. The summed E-state index contributed by atoms with van der Waals surface area (Å²) in [7, 11) is 3.14. The van der Waals surface area contributed by atoms with Gasteiger partial charge >= 0.3 is 5.97 Å². The van der Waals surface area contributed by atoms with Gasteiger partial charge in [-0.2, -0.15) is 5.10 Å². The maximum Gasteiger partial charge on any atom is 0.360 e.